The van der Waals surface area contributed by atoms with Crippen LogP contribution in [0.2, 0.25) is 18.1 Å². The summed E-state index contributed by atoms with van der Waals surface area (Å²) in [4.78, 5) is 0. The summed E-state index contributed by atoms with van der Waals surface area (Å²) in [6.07, 6.45) is 4.19. The van der Waals surface area contributed by atoms with E-state index < -0.39 is 8.32 Å². The molecule has 1 heterocycles. The van der Waals surface area contributed by atoms with Gasteiger partial charge in [-0.15, -0.1) is 0 Å². The highest BCUT2D eigenvalue weighted by atomic mass is 28.4. The molecule has 1 aliphatic heterocycles. The van der Waals surface area contributed by atoms with Crippen LogP contribution in [-0.2, 0) is 9.16 Å². The number of ether oxygens (including phenoxy) is 1. The van der Waals surface area contributed by atoms with E-state index in [0.29, 0.717) is 0 Å². The lowest BCUT2D eigenvalue weighted by Gasteiger charge is -2.47. The zero-order valence-electron chi connectivity index (χ0n) is 17.0. The van der Waals surface area contributed by atoms with Gasteiger partial charge >= 0.3 is 0 Å². The molecule has 3 nitrogen and oxygen atoms in total. The maximum Gasteiger partial charge on any atom is 0.192 e. The summed E-state index contributed by atoms with van der Waals surface area (Å²) in [7, 11) is -1.71. The van der Waals surface area contributed by atoms with Gasteiger partial charge in [-0.1, -0.05) is 77.1 Å². The summed E-state index contributed by atoms with van der Waals surface area (Å²) in [6.45, 7) is 11.2. The molecule has 0 amide bonds. The molecule has 1 aromatic carbocycles. The van der Waals surface area contributed by atoms with Crippen LogP contribution in [0.4, 0.5) is 0 Å². The lowest BCUT2D eigenvalue weighted by molar-refractivity contribution is -0.153. The second kappa shape index (κ2) is 9.84. The van der Waals surface area contributed by atoms with Gasteiger partial charge in [0, 0.05) is 11.8 Å². The molecular weight excluding hydrogens is 340 g/mol. The second-order valence-electron chi connectivity index (χ2n) is 7.64. The molecule has 5 atom stereocenters. The molecule has 0 spiro atoms. The van der Waals surface area contributed by atoms with Crippen LogP contribution >= 0.6 is 0 Å². The Balaban J connectivity index is 2.22. The first-order valence-corrected chi connectivity index (χ1v) is 12.7. The Morgan fingerprint density at radius 2 is 1.65 bits per heavy atom. The number of hydrogen-bond acceptors (Lipinski definition) is 3. The Kier molecular flexibility index (Phi) is 8.08. The molecule has 1 unspecified atom stereocenters. The van der Waals surface area contributed by atoms with Crippen molar-refractivity contribution < 1.29 is 14.3 Å². The Labute approximate surface area is 160 Å². The van der Waals surface area contributed by atoms with Crippen molar-refractivity contribution in [1.82, 2.24) is 0 Å². The van der Waals surface area contributed by atoms with E-state index in [-0.39, 0.29) is 36.8 Å². The van der Waals surface area contributed by atoms with Crippen molar-refractivity contribution >= 4 is 14.4 Å². The number of benzene rings is 1. The molecule has 1 saturated heterocycles. The van der Waals surface area contributed by atoms with Gasteiger partial charge in [-0.3, -0.25) is 0 Å². The van der Waals surface area contributed by atoms with Gasteiger partial charge in [0.25, 0.3) is 0 Å². The first-order valence-electron chi connectivity index (χ1n) is 10.2. The highest BCUT2D eigenvalue weighted by Gasteiger charge is 2.44. The molecular formula is C22H36O3Si. The zero-order valence-corrected chi connectivity index (χ0v) is 18.0. The van der Waals surface area contributed by atoms with Gasteiger partial charge in [0.1, 0.15) is 0 Å². The molecule has 26 heavy (non-hydrogen) atoms. The fraction of sp³-hybridized carbons (Fsp3) is 0.636. The summed E-state index contributed by atoms with van der Waals surface area (Å²) in [6, 6.07) is 13.7. The van der Waals surface area contributed by atoms with Crippen molar-refractivity contribution in [1.29, 1.82) is 0 Å². The number of aliphatic hydroxyl groups excluding tert-OH is 1. The molecule has 1 aromatic rings. The maximum absolute atomic E-state index is 9.85. The van der Waals surface area contributed by atoms with Crippen molar-refractivity contribution in [2.24, 2.45) is 11.8 Å². The number of hydrogen-bond donors (Lipinski definition) is 1. The van der Waals surface area contributed by atoms with Gasteiger partial charge in [-0.2, -0.15) is 0 Å². The Hall–Kier alpha value is -0.943. The lowest BCUT2D eigenvalue weighted by atomic mass is 9.82. The van der Waals surface area contributed by atoms with Crippen LogP contribution < -0.4 is 0 Å². The standard InChI is InChI=1S/C22H36O3Si/c1-6-26(7-2,8-3)25-22-17(4)20(24-21(16-23)18(22)5)15-14-19-12-10-9-11-13-19/h9-15,17-18,20-23H,6-8,16H2,1-5H3/b15-14+/t17-,18+,20+,21-,22?/m1/s1. The van der Waals surface area contributed by atoms with Crippen LogP contribution in [0.15, 0.2) is 36.4 Å². The predicted molar refractivity (Wildman–Crippen MR) is 112 cm³/mol. The normalized spacial score (nSPS) is 30.0. The number of rotatable bonds is 8. The molecule has 4 heteroatoms. The van der Waals surface area contributed by atoms with Crippen molar-refractivity contribution in [3.63, 3.8) is 0 Å². The van der Waals surface area contributed by atoms with E-state index in [9.17, 15) is 5.11 Å². The Morgan fingerprint density at radius 3 is 2.19 bits per heavy atom. The maximum atomic E-state index is 9.85. The van der Waals surface area contributed by atoms with Crippen LogP contribution in [0.5, 0.6) is 0 Å². The van der Waals surface area contributed by atoms with Gasteiger partial charge in [-0.25, -0.2) is 0 Å². The fourth-order valence-electron chi connectivity index (χ4n) is 4.03. The van der Waals surface area contributed by atoms with Gasteiger partial charge in [0.2, 0.25) is 0 Å². The summed E-state index contributed by atoms with van der Waals surface area (Å²) < 4.78 is 13.1. The minimum Gasteiger partial charge on any atom is -0.413 e. The molecule has 0 bridgehead atoms. The SMILES string of the molecule is CC[Si](CC)(CC)OC1[C@@H](C)[C@@H](CO)O[C@@H](/C=C/c2ccccc2)[C@H]1C. The van der Waals surface area contributed by atoms with Crippen molar-refractivity contribution in [2.45, 2.75) is 71.1 Å². The van der Waals surface area contributed by atoms with E-state index >= 15 is 0 Å². The van der Waals surface area contributed by atoms with Gasteiger partial charge < -0.3 is 14.3 Å². The third-order valence-corrected chi connectivity index (χ3v) is 10.9. The van der Waals surface area contributed by atoms with E-state index in [4.69, 9.17) is 9.16 Å². The quantitative estimate of drug-likeness (QED) is 0.640. The second-order valence-corrected chi connectivity index (χ2v) is 12.4. The summed E-state index contributed by atoms with van der Waals surface area (Å²) in [5.41, 5.74) is 1.17. The Morgan fingerprint density at radius 1 is 1.04 bits per heavy atom. The van der Waals surface area contributed by atoms with Crippen LogP contribution in [0.25, 0.3) is 6.08 Å². The van der Waals surface area contributed by atoms with E-state index in [2.05, 4.69) is 58.9 Å². The molecule has 1 N–H and O–H groups in total. The highest BCUT2D eigenvalue weighted by molar-refractivity contribution is 6.73. The van der Waals surface area contributed by atoms with Crippen molar-refractivity contribution in [3.8, 4) is 0 Å². The molecule has 2 rings (SSSR count). The van der Waals surface area contributed by atoms with E-state index in [1.165, 1.54) is 5.56 Å². The molecule has 1 fully saturated rings. The van der Waals surface area contributed by atoms with Crippen molar-refractivity contribution in [3.05, 3.63) is 42.0 Å². The average molecular weight is 377 g/mol. The van der Waals surface area contributed by atoms with Crippen molar-refractivity contribution in [2.75, 3.05) is 6.61 Å². The lowest BCUT2D eigenvalue weighted by Crippen LogP contribution is -2.54. The van der Waals surface area contributed by atoms with Gasteiger partial charge in [0.15, 0.2) is 8.32 Å². The first-order chi connectivity index (χ1) is 12.5. The van der Waals surface area contributed by atoms with E-state index in [1.54, 1.807) is 0 Å². The van der Waals surface area contributed by atoms with Crippen LogP contribution in [-0.4, -0.2) is 38.3 Å². The molecule has 0 aromatic heterocycles. The van der Waals surface area contributed by atoms with Crippen LogP contribution in [0.3, 0.4) is 0 Å². The zero-order chi connectivity index (χ0) is 19.2. The molecule has 146 valence electrons. The fourth-order valence-corrected chi connectivity index (χ4v) is 7.04. The minimum absolute atomic E-state index is 0.0363. The smallest absolute Gasteiger partial charge is 0.192 e. The van der Waals surface area contributed by atoms with Gasteiger partial charge in [-0.05, 0) is 23.7 Å². The van der Waals surface area contributed by atoms with E-state index in [1.807, 2.05) is 18.2 Å². The number of aliphatic hydroxyl groups is 1. The first kappa shape index (κ1) is 21.4. The monoisotopic (exact) mass is 376 g/mol. The van der Waals surface area contributed by atoms with Crippen LogP contribution in [0.1, 0.15) is 40.2 Å². The third kappa shape index (κ3) is 4.86. The highest BCUT2D eigenvalue weighted by Crippen LogP contribution is 2.37. The van der Waals surface area contributed by atoms with Gasteiger partial charge in [0.05, 0.1) is 24.9 Å². The Bertz CT molecular complexity index is 548. The molecule has 0 saturated carbocycles. The molecule has 0 radical (unpaired) electrons. The summed E-state index contributed by atoms with van der Waals surface area (Å²) in [5, 5.41) is 9.85. The van der Waals surface area contributed by atoms with Crippen LogP contribution in [0, 0.1) is 11.8 Å². The third-order valence-electron chi connectivity index (χ3n) is 6.25. The summed E-state index contributed by atoms with van der Waals surface area (Å²) >= 11 is 0. The van der Waals surface area contributed by atoms with E-state index in [0.717, 1.165) is 18.1 Å². The average Bonchev–Trinajstić information content (AvgIpc) is 2.69. The predicted octanol–water partition coefficient (Wildman–Crippen LogP) is 5.12. The minimum atomic E-state index is -1.71. The molecule has 0 aliphatic carbocycles. The largest absolute Gasteiger partial charge is 0.413 e. The summed E-state index contributed by atoms with van der Waals surface area (Å²) in [5.74, 6) is 0.470. The molecule has 1 aliphatic rings. The topological polar surface area (TPSA) is 38.7 Å².